The summed E-state index contributed by atoms with van der Waals surface area (Å²) in [5, 5.41) is 0. The van der Waals surface area contributed by atoms with Gasteiger partial charge in [0.25, 0.3) is 0 Å². The normalized spacial score (nSPS) is 18.8. The van der Waals surface area contributed by atoms with Crippen molar-refractivity contribution in [3.8, 4) is 11.1 Å². The lowest BCUT2D eigenvalue weighted by Crippen LogP contribution is -2.27. The Labute approximate surface area is 195 Å². The fraction of sp³-hybridized carbons (Fsp3) is 0.152. The van der Waals surface area contributed by atoms with Crippen molar-refractivity contribution in [3.05, 3.63) is 148 Å². The lowest BCUT2D eigenvalue weighted by atomic mass is 9.68. The summed E-state index contributed by atoms with van der Waals surface area (Å²) >= 11 is 0. The molecule has 0 heterocycles. The van der Waals surface area contributed by atoms with Crippen LogP contribution in [0.1, 0.15) is 52.6 Å². The number of allylic oxidation sites excluding steroid dienone is 4. The zero-order valence-corrected chi connectivity index (χ0v) is 18.9. The van der Waals surface area contributed by atoms with Gasteiger partial charge in [-0.1, -0.05) is 116 Å². The molecule has 4 aromatic carbocycles. The summed E-state index contributed by atoms with van der Waals surface area (Å²) in [6.45, 7) is 2.24. The molecule has 1 unspecified atom stereocenters. The van der Waals surface area contributed by atoms with Crippen LogP contribution in [0, 0.1) is 0 Å². The van der Waals surface area contributed by atoms with E-state index in [4.69, 9.17) is 0 Å². The molecule has 3 aliphatic rings. The van der Waals surface area contributed by atoms with Crippen LogP contribution in [-0.4, -0.2) is 0 Å². The second-order valence-corrected chi connectivity index (χ2v) is 9.53. The lowest BCUT2D eigenvalue weighted by molar-refractivity contribution is 0.758. The first-order valence-electron chi connectivity index (χ1n) is 12.1. The van der Waals surface area contributed by atoms with E-state index in [1.165, 1.54) is 55.7 Å². The highest BCUT2D eigenvalue weighted by Crippen LogP contribution is 2.64. The molecule has 33 heavy (non-hydrogen) atoms. The van der Waals surface area contributed by atoms with Gasteiger partial charge < -0.3 is 0 Å². The molecule has 7 rings (SSSR count). The molecule has 0 saturated heterocycles. The van der Waals surface area contributed by atoms with Crippen molar-refractivity contribution in [2.24, 2.45) is 0 Å². The molecular weight excluding hydrogens is 396 g/mol. The predicted molar refractivity (Wildman–Crippen MR) is 137 cm³/mol. The minimum Gasteiger partial charge on any atom is -0.0754 e. The summed E-state index contributed by atoms with van der Waals surface area (Å²) in [6, 6.07) is 36.4. The molecule has 4 aromatic rings. The SMILES string of the molecule is CCc1cccc(C2C=C3C(=CC2)c2ccccc2C32c3ccccc3-c3ccccc32)c1. The van der Waals surface area contributed by atoms with E-state index in [2.05, 4.69) is 116 Å². The monoisotopic (exact) mass is 422 g/mol. The molecule has 0 saturated carbocycles. The van der Waals surface area contributed by atoms with Crippen LogP contribution in [0.2, 0.25) is 0 Å². The number of aryl methyl sites for hydroxylation is 1. The van der Waals surface area contributed by atoms with E-state index < -0.39 is 0 Å². The molecule has 3 aliphatic carbocycles. The van der Waals surface area contributed by atoms with Gasteiger partial charge >= 0.3 is 0 Å². The van der Waals surface area contributed by atoms with E-state index in [0.717, 1.165) is 12.8 Å². The zero-order valence-electron chi connectivity index (χ0n) is 18.9. The smallest absolute Gasteiger partial charge is 0.0722 e. The second kappa shape index (κ2) is 6.93. The summed E-state index contributed by atoms with van der Waals surface area (Å²) in [4.78, 5) is 0. The Morgan fingerprint density at radius 2 is 1.30 bits per heavy atom. The first-order chi connectivity index (χ1) is 16.3. The highest BCUT2D eigenvalue weighted by atomic mass is 14.5. The molecule has 0 fully saturated rings. The van der Waals surface area contributed by atoms with Gasteiger partial charge in [0.05, 0.1) is 5.41 Å². The standard InChI is InChI=1S/C33H26/c1-2-22-10-9-11-23(20-22)24-18-19-28-27-14-5-8-17-31(27)33(32(28)21-24)29-15-6-3-12-25(29)26-13-4-7-16-30(26)33/h3-17,19-21,24H,2,18H2,1H3. The van der Waals surface area contributed by atoms with Gasteiger partial charge in [-0.25, -0.2) is 0 Å². The van der Waals surface area contributed by atoms with E-state index in [9.17, 15) is 0 Å². The summed E-state index contributed by atoms with van der Waals surface area (Å²) in [5.74, 6) is 0.404. The molecule has 0 radical (unpaired) electrons. The second-order valence-electron chi connectivity index (χ2n) is 9.53. The van der Waals surface area contributed by atoms with Gasteiger partial charge in [0.15, 0.2) is 0 Å². The van der Waals surface area contributed by atoms with Crippen LogP contribution in [0.5, 0.6) is 0 Å². The van der Waals surface area contributed by atoms with Crippen molar-refractivity contribution < 1.29 is 0 Å². The van der Waals surface area contributed by atoms with Crippen LogP contribution in [0.3, 0.4) is 0 Å². The zero-order chi connectivity index (χ0) is 22.0. The maximum atomic E-state index is 2.60. The summed E-state index contributed by atoms with van der Waals surface area (Å²) in [5.41, 5.74) is 14.0. The number of benzene rings is 4. The fourth-order valence-corrected chi connectivity index (χ4v) is 6.58. The third-order valence-electron chi connectivity index (χ3n) is 8.00. The van der Waals surface area contributed by atoms with Crippen molar-refractivity contribution >= 4 is 5.57 Å². The van der Waals surface area contributed by atoms with E-state index in [1.807, 2.05) is 0 Å². The van der Waals surface area contributed by atoms with Crippen molar-refractivity contribution in [1.82, 2.24) is 0 Å². The molecule has 158 valence electrons. The number of fused-ring (bicyclic) bond motifs is 10. The summed E-state index contributed by atoms with van der Waals surface area (Å²) in [6.07, 6.45) is 7.24. The number of hydrogen-bond acceptors (Lipinski definition) is 0. The van der Waals surface area contributed by atoms with E-state index in [0.29, 0.717) is 5.92 Å². The Morgan fingerprint density at radius 3 is 1.97 bits per heavy atom. The Hall–Kier alpha value is -3.64. The van der Waals surface area contributed by atoms with Crippen molar-refractivity contribution in [2.45, 2.75) is 31.1 Å². The van der Waals surface area contributed by atoms with E-state index in [1.54, 1.807) is 0 Å². The minimum atomic E-state index is -0.226. The van der Waals surface area contributed by atoms with Gasteiger partial charge in [-0.05, 0) is 68.5 Å². The number of hydrogen-bond donors (Lipinski definition) is 0. The van der Waals surface area contributed by atoms with Gasteiger partial charge in [0.2, 0.25) is 0 Å². The Kier molecular flexibility index (Phi) is 3.96. The molecule has 0 nitrogen and oxygen atoms in total. The van der Waals surface area contributed by atoms with Gasteiger partial charge in [-0.15, -0.1) is 0 Å². The average Bonchev–Trinajstić information content (AvgIpc) is 3.36. The van der Waals surface area contributed by atoms with Crippen LogP contribution in [0.4, 0.5) is 0 Å². The van der Waals surface area contributed by atoms with E-state index >= 15 is 0 Å². The molecule has 1 spiro atoms. The first-order valence-corrected chi connectivity index (χ1v) is 12.1. The molecule has 0 aliphatic heterocycles. The quantitative estimate of drug-likeness (QED) is 0.306. The average molecular weight is 423 g/mol. The van der Waals surface area contributed by atoms with Crippen LogP contribution < -0.4 is 0 Å². The molecule has 0 bridgehead atoms. The van der Waals surface area contributed by atoms with Gasteiger partial charge in [-0.2, -0.15) is 0 Å². The molecule has 0 amide bonds. The largest absolute Gasteiger partial charge is 0.0754 e. The maximum Gasteiger partial charge on any atom is 0.0722 e. The lowest BCUT2D eigenvalue weighted by Gasteiger charge is -2.33. The maximum absolute atomic E-state index is 2.60. The Morgan fingerprint density at radius 1 is 0.697 bits per heavy atom. The number of rotatable bonds is 2. The van der Waals surface area contributed by atoms with Crippen molar-refractivity contribution in [1.29, 1.82) is 0 Å². The summed E-state index contributed by atoms with van der Waals surface area (Å²) < 4.78 is 0. The molecule has 0 N–H and O–H groups in total. The highest BCUT2D eigenvalue weighted by Gasteiger charge is 2.53. The van der Waals surface area contributed by atoms with Crippen LogP contribution in [0.25, 0.3) is 16.7 Å². The Bertz CT molecular complexity index is 1430. The van der Waals surface area contributed by atoms with Gasteiger partial charge in [0.1, 0.15) is 0 Å². The molecule has 1 atom stereocenters. The Balaban J connectivity index is 1.54. The first kappa shape index (κ1) is 18.9. The summed E-state index contributed by atoms with van der Waals surface area (Å²) in [7, 11) is 0. The van der Waals surface area contributed by atoms with Crippen LogP contribution in [0.15, 0.2) is 115 Å². The van der Waals surface area contributed by atoms with Crippen LogP contribution >= 0.6 is 0 Å². The van der Waals surface area contributed by atoms with Crippen LogP contribution in [-0.2, 0) is 11.8 Å². The minimum absolute atomic E-state index is 0.226. The van der Waals surface area contributed by atoms with Crippen molar-refractivity contribution in [2.75, 3.05) is 0 Å². The van der Waals surface area contributed by atoms with Crippen molar-refractivity contribution in [3.63, 3.8) is 0 Å². The fourth-order valence-electron chi connectivity index (χ4n) is 6.58. The third kappa shape index (κ3) is 2.41. The van der Waals surface area contributed by atoms with Gasteiger partial charge in [-0.3, -0.25) is 0 Å². The van der Waals surface area contributed by atoms with E-state index in [-0.39, 0.29) is 5.41 Å². The highest BCUT2D eigenvalue weighted by molar-refractivity contribution is 6.00. The third-order valence-corrected chi connectivity index (χ3v) is 8.00. The molecular formula is C33H26. The topological polar surface area (TPSA) is 0 Å². The predicted octanol–water partition coefficient (Wildman–Crippen LogP) is 8.07. The molecule has 0 heteroatoms. The molecule has 0 aromatic heterocycles. The van der Waals surface area contributed by atoms with Gasteiger partial charge in [0, 0.05) is 5.92 Å².